The number of hydrazine groups is 2. The van der Waals surface area contributed by atoms with Crippen LogP contribution in [0, 0.1) is 13.8 Å². The van der Waals surface area contributed by atoms with Gasteiger partial charge in [0.25, 0.3) is 5.91 Å². The van der Waals surface area contributed by atoms with Crippen LogP contribution in [0.25, 0.3) is 5.70 Å². The van der Waals surface area contributed by atoms with Gasteiger partial charge in [0.15, 0.2) is 0 Å². The number of rotatable bonds is 8. The number of likely N-dealkylation sites (N-methyl/N-ethyl adjacent to an activating group) is 1. The fourth-order valence-corrected chi connectivity index (χ4v) is 3.94. The molecule has 0 aliphatic carbocycles. The van der Waals surface area contributed by atoms with Crippen molar-refractivity contribution < 1.29 is 18.0 Å². The number of aromatic nitrogens is 2. The van der Waals surface area contributed by atoms with Gasteiger partial charge in [0, 0.05) is 43.2 Å². The van der Waals surface area contributed by atoms with Crippen molar-refractivity contribution in [3.63, 3.8) is 0 Å². The second kappa shape index (κ2) is 10.8. The maximum absolute atomic E-state index is 13.4. The summed E-state index contributed by atoms with van der Waals surface area (Å²) < 4.78 is 42.0. The number of nitrogens with one attached hydrogen (secondary N) is 4. The Morgan fingerprint density at radius 1 is 1.11 bits per heavy atom. The number of hydrogen-bond donors (Lipinski definition) is 4. The zero-order chi connectivity index (χ0) is 27.6. The second-order valence-corrected chi connectivity index (χ2v) is 9.36. The summed E-state index contributed by atoms with van der Waals surface area (Å²) in [6.07, 6.45) is -0.924. The van der Waals surface area contributed by atoms with Crippen molar-refractivity contribution >= 4 is 28.7 Å². The summed E-state index contributed by atoms with van der Waals surface area (Å²) in [5.41, 5.74) is 10.4. The summed E-state index contributed by atoms with van der Waals surface area (Å²) in [5.74, 6) is -0.527. The van der Waals surface area contributed by atoms with E-state index in [9.17, 15) is 18.0 Å². The van der Waals surface area contributed by atoms with Crippen LogP contribution >= 0.6 is 0 Å². The van der Waals surface area contributed by atoms with Gasteiger partial charge in [0.05, 0.1) is 34.5 Å². The molecule has 0 spiro atoms. The van der Waals surface area contributed by atoms with Gasteiger partial charge in [-0.05, 0) is 63.8 Å². The Labute approximate surface area is 219 Å². The van der Waals surface area contributed by atoms with Crippen molar-refractivity contribution in [2.24, 2.45) is 7.05 Å². The van der Waals surface area contributed by atoms with E-state index in [2.05, 4.69) is 26.7 Å². The van der Waals surface area contributed by atoms with Gasteiger partial charge in [-0.3, -0.25) is 14.5 Å². The third-order valence-electron chi connectivity index (χ3n) is 6.30. The van der Waals surface area contributed by atoms with E-state index < -0.39 is 17.6 Å². The Kier molecular flexibility index (Phi) is 7.65. The van der Waals surface area contributed by atoms with Crippen molar-refractivity contribution in [2.45, 2.75) is 20.0 Å². The van der Waals surface area contributed by atoms with Gasteiger partial charge in [-0.2, -0.15) is 18.3 Å². The molecule has 0 radical (unpaired) electrons. The van der Waals surface area contributed by atoms with Crippen LogP contribution in [0.1, 0.15) is 32.7 Å². The number of hydrogen-bond acceptors (Lipinski definition) is 7. The van der Waals surface area contributed by atoms with Crippen molar-refractivity contribution in [2.75, 3.05) is 42.8 Å². The molecule has 0 fully saturated rings. The van der Waals surface area contributed by atoms with E-state index in [0.717, 1.165) is 34.7 Å². The second-order valence-electron chi connectivity index (χ2n) is 9.36. The molecule has 0 bridgehead atoms. The summed E-state index contributed by atoms with van der Waals surface area (Å²) >= 11 is 0. The summed E-state index contributed by atoms with van der Waals surface area (Å²) in [5, 5.41) is 11.8. The Morgan fingerprint density at radius 2 is 1.87 bits per heavy atom. The van der Waals surface area contributed by atoms with Gasteiger partial charge in [-0.1, -0.05) is 6.07 Å². The number of amides is 1. The van der Waals surface area contributed by atoms with Gasteiger partial charge in [0.2, 0.25) is 0 Å². The standard InChI is InChI=1S/C26H31F3N8O/c1-16-6-7-18(12-24(16)37-15-23(33-34-37)20-14-31-36(5)17(20)2)25(38)32-22-13-19(26(27,28)29)8-9-21(22)30-10-11-35(3)4/h6-9,12-15,30,33-34H,10-11H2,1-5H3,(H,32,38). The van der Waals surface area contributed by atoms with Crippen LogP contribution in [0.2, 0.25) is 0 Å². The zero-order valence-electron chi connectivity index (χ0n) is 21.9. The lowest BCUT2D eigenvalue weighted by Crippen LogP contribution is -2.36. The lowest BCUT2D eigenvalue weighted by atomic mass is 10.1. The molecule has 0 saturated heterocycles. The summed E-state index contributed by atoms with van der Waals surface area (Å²) in [6, 6.07) is 8.39. The summed E-state index contributed by atoms with van der Waals surface area (Å²) in [4.78, 5) is 15.2. The molecule has 1 aromatic heterocycles. The molecule has 1 aliphatic heterocycles. The minimum absolute atomic E-state index is 0.0564. The molecule has 38 heavy (non-hydrogen) atoms. The zero-order valence-corrected chi connectivity index (χ0v) is 21.9. The van der Waals surface area contributed by atoms with Gasteiger partial charge >= 0.3 is 6.18 Å². The minimum atomic E-state index is -4.54. The highest BCUT2D eigenvalue weighted by Gasteiger charge is 2.31. The highest BCUT2D eigenvalue weighted by atomic mass is 19.4. The molecule has 1 amide bonds. The number of benzene rings is 2. The number of carbonyl (C=O) groups excluding carboxylic acids is 1. The maximum Gasteiger partial charge on any atom is 0.416 e. The molecule has 0 saturated carbocycles. The Bertz CT molecular complexity index is 1360. The first-order valence-electron chi connectivity index (χ1n) is 12.0. The lowest BCUT2D eigenvalue weighted by Gasteiger charge is -2.19. The lowest BCUT2D eigenvalue weighted by molar-refractivity contribution is -0.137. The monoisotopic (exact) mass is 528 g/mol. The third-order valence-corrected chi connectivity index (χ3v) is 6.30. The van der Waals surface area contributed by atoms with Crippen molar-refractivity contribution in [3.05, 3.63) is 76.7 Å². The topological polar surface area (TPSA) is 89.5 Å². The number of halogens is 3. The van der Waals surface area contributed by atoms with E-state index in [1.165, 1.54) is 6.07 Å². The van der Waals surface area contributed by atoms with Crippen molar-refractivity contribution in [1.82, 2.24) is 25.6 Å². The van der Waals surface area contributed by atoms with Crippen LogP contribution in [-0.4, -0.2) is 47.8 Å². The molecule has 202 valence electrons. The molecule has 0 atom stereocenters. The largest absolute Gasteiger partial charge is 0.416 e. The molecule has 0 unspecified atom stereocenters. The van der Waals surface area contributed by atoms with Crippen LogP contribution in [0.15, 0.2) is 48.8 Å². The fourth-order valence-electron chi connectivity index (χ4n) is 3.94. The third kappa shape index (κ3) is 5.92. The molecule has 4 N–H and O–H groups in total. The number of carbonyl (C=O) groups is 1. The van der Waals surface area contributed by atoms with Gasteiger partial charge in [-0.25, -0.2) is 0 Å². The molecule has 1 aliphatic rings. The summed E-state index contributed by atoms with van der Waals surface area (Å²) in [6.45, 7) is 5.02. The number of nitrogens with zero attached hydrogens (tertiary/aromatic N) is 4. The highest BCUT2D eigenvalue weighted by molar-refractivity contribution is 6.06. The van der Waals surface area contributed by atoms with E-state index in [1.54, 1.807) is 34.1 Å². The molecular formula is C26H31F3N8O. The number of anilines is 3. The van der Waals surface area contributed by atoms with Crippen molar-refractivity contribution in [1.29, 1.82) is 0 Å². The van der Waals surface area contributed by atoms with Crippen LogP contribution in [0.3, 0.4) is 0 Å². The smallest absolute Gasteiger partial charge is 0.382 e. The first-order chi connectivity index (χ1) is 17.9. The van der Waals surface area contributed by atoms with E-state index in [-0.39, 0.29) is 5.69 Å². The maximum atomic E-state index is 13.4. The minimum Gasteiger partial charge on any atom is -0.382 e. The van der Waals surface area contributed by atoms with E-state index in [1.807, 2.05) is 46.1 Å². The van der Waals surface area contributed by atoms with Crippen LogP contribution in [0.5, 0.6) is 0 Å². The highest BCUT2D eigenvalue weighted by Crippen LogP contribution is 2.34. The molecule has 3 aromatic rings. The summed E-state index contributed by atoms with van der Waals surface area (Å²) in [7, 11) is 5.65. The molecule has 12 heteroatoms. The first kappa shape index (κ1) is 27.0. The van der Waals surface area contributed by atoms with Crippen LogP contribution in [-0.2, 0) is 13.2 Å². The quantitative estimate of drug-likeness (QED) is 0.350. The average molecular weight is 529 g/mol. The number of aryl methyl sites for hydroxylation is 2. The molecule has 2 heterocycles. The van der Waals surface area contributed by atoms with E-state index in [0.29, 0.717) is 30.0 Å². The fraction of sp³-hybridized carbons (Fsp3) is 0.308. The Hall–Kier alpha value is -4.03. The number of alkyl halides is 3. The van der Waals surface area contributed by atoms with Gasteiger partial charge in [-0.15, -0.1) is 5.53 Å². The van der Waals surface area contributed by atoms with Crippen molar-refractivity contribution in [3.8, 4) is 0 Å². The molecular weight excluding hydrogens is 497 g/mol. The van der Waals surface area contributed by atoms with Gasteiger partial charge < -0.3 is 21.0 Å². The predicted molar refractivity (Wildman–Crippen MR) is 142 cm³/mol. The van der Waals surface area contributed by atoms with Gasteiger partial charge in [0.1, 0.15) is 0 Å². The molecule has 4 rings (SSSR count). The Balaban J connectivity index is 1.59. The van der Waals surface area contributed by atoms with Crippen LogP contribution < -0.4 is 26.6 Å². The molecule has 2 aromatic carbocycles. The first-order valence-corrected chi connectivity index (χ1v) is 12.0. The molecule has 9 nitrogen and oxygen atoms in total. The van der Waals surface area contributed by atoms with E-state index >= 15 is 0 Å². The normalized spacial score (nSPS) is 13.5. The average Bonchev–Trinajstić information content (AvgIpc) is 3.46. The van der Waals surface area contributed by atoms with E-state index in [4.69, 9.17) is 0 Å². The SMILES string of the molecule is Cc1ccc(C(=O)Nc2cc(C(F)(F)F)ccc2NCCN(C)C)cc1N1C=C(c2cnn(C)c2C)NN1. The van der Waals surface area contributed by atoms with Crippen LogP contribution in [0.4, 0.5) is 30.2 Å². The Morgan fingerprint density at radius 3 is 2.53 bits per heavy atom. The predicted octanol–water partition coefficient (Wildman–Crippen LogP) is 4.11.